The molecule has 100 valence electrons. The summed E-state index contributed by atoms with van der Waals surface area (Å²) in [5.41, 5.74) is 2.36. The van der Waals surface area contributed by atoms with Crippen molar-refractivity contribution >= 4 is 17.0 Å². The number of thiophene rings is 1. The van der Waals surface area contributed by atoms with Crippen molar-refractivity contribution in [2.75, 3.05) is 5.32 Å². The Morgan fingerprint density at radius 2 is 1.75 bits per heavy atom. The number of nitrogens with one attached hydrogen (secondary N) is 1. The molecule has 3 aromatic rings. The summed E-state index contributed by atoms with van der Waals surface area (Å²) in [5, 5.41) is 7.64. The van der Waals surface area contributed by atoms with Gasteiger partial charge in [-0.15, -0.1) is 0 Å². The van der Waals surface area contributed by atoms with Gasteiger partial charge in [-0.2, -0.15) is 11.3 Å². The van der Waals surface area contributed by atoms with E-state index in [0.29, 0.717) is 0 Å². The molecule has 0 aliphatic rings. The van der Waals surface area contributed by atoms with Crippen LogP contribution in [0.25, 0.3) is 0 Å². The van der Waals surface area contributed by atoms with E-state index >= 15 is 0 Å². The van der Waals surface area contributed by atoms with E-state index in [4.69, 9.17) is 4.74 Å². The quantitative estimate of drug-likeness (QED) is 0.698. The SMILES string of the molecule is c1ccc(Oc2cccc(NCc3ccsc3)c2)cc1. The lowest BCUT2D eigenvalue weighted by molar-refractivity contribution is 0.483. The predicted octanol–water partition coefficient (Wildman–Crippen LogP) is 5.15. The largest absolute Gasteiger partial charge is 0.457 e. The Morgan fingerprint density at radius 1 is 0.900 bits per heavy atom. The van der Waals surface area contributed by atoms with Crippen molar-refractivity contribution < 1.29 is 4.74 Å². The summed E-state index contributed by atoms with van der Waals surface area (Å²) in [6.45, 7) is 0.832. The van der Waals surface area contributed by atoms with Crippen molar-refractivity contribution in [2.24, 2.45) is 0 Å². The van der Waals surface area contributed by atoms with E-state index in [1.165, 1.54) is 5.56 Å². The lowest BCUT2D eigenvalue weighted by atomic mass is 10.2. The maximum Gasteiger partial charge on any atom is 0.129 e. The van der Waals surface area contributed by atoms with Gasteiger partial charge >= 0.3 is 0 Å². The van der Waals surface area contributed by atoms with Crippen molar-refractivity contribution in [3.63, 3.8) is 0 Å². The van der Waals surface area contributed by atoms with Crippen LogP contribution in [0.3, 0.4) is 0 Å². The van der Waals surface area contributed by atoms with Crippen LogP contribution in [0.2, 0.25) is 0 Å². The van der Waals surface area contributed by atoms with Gasteiger partial charge < -0.3 is 10.1 Å². The average molecular weight is 281 g/mol. The molecule has 0 saturated heterocycles. The van der Waals surface area contributed by atoms with E-state index < -0.39 is 0 Å². The van der Waals surface area contributed by atoms with E-state index in [0.717, 1.165) is 23.7 Å². The Hall–Kier alpha value is -2.26. The molecular formula is C17H15NOS. The standard InChI is InChI=1S/C17H15NOS/c1-2-6-16(7-3-1)19-17-8-4-5-15(11-17)18-12-14-9-10-20-13-14/h1-11,13,18H,12H2. The van der Waals surface area contributed by atoms with Crippen LogP contribution >= 0.6 is 11.3 Å². The number of rotatable bonds is 5. The first-order chi connectivity index (χ1) is 9.90. The fraction of sp³-hybridized carbons (Fsp3) is 0.0588. The highest BCUT2D eigenvalue weighted by atomic mass is 32.1. The predicted molar refractivity (Wildman–Crippen MR) is 84.6 cm³/mol. The minimum absolute atomic E-state index is 0.832. The molecule has 0 amide bonds. The lowest BCUT2D eigenvalue weighted by Gasteiger charge is -2.09. The summed E-state index contributed by atoms with van der Waals surface area (Å²) in [4.78, 5) is 0. The number of para-hydroxylation sites is 1. The molecule has 0 radical (unpaired) electrons. The maximum absolute atomic E-state index is 5.82. The first-order valence-electron chi connectivity index (χ1n) is 6.48. The van der Waals surface area contributed by atoms with E-state index in [1.54, 1.807) is 11.3 Å². The van der Waals surface area contributed by atoms with Crippen LogP contribution in [-0.2, 0) is 6.54 Å². The molecule has 2 aromatic carbocycles. The van der Waals surface area contributed by atoms with Gasteiger partial charge in [0, 0.05) is 18.3 Å². The first kappa shape index (κ1) is 12.8. The number of hydrogen-bond acceptors (Lipinski definition) is 3. The fourth-order valence-corrected chi connectivity index (χ4v) is 2.56. The lowest BCUT2D eigenvalue weighted by Crippen LogP contribution is -1.97. The Bertz CT molecular complexity index is 650. The fourth-order valence-electron chi connectivity index (χ4n) is 1.89. The van der Waals surface area contributed by atoms with Crippen molar-refractivity contribution in [3.8, 4) is 11.5 Å². The Morgan fingerprint density at radius 3 is 2.55 bits per heavy atom. The number of benzene rings is 2. The van der Waals surface area contributed by atoms with Crippen LogP contribution in [0.1, 0.15) is 5.56 Å². The second kappa shape index (κ2) is 6.26. The zero-order chi connectivity index (χ0) is 13.6. The zero-order valence-corrected chi connectivity index (χ0v) is 11.8. The highest BCUT2D eigenvalue weighted by molar-refractivity contribution is 7.07. The molecule has 3 rings (SSSR count). The number of hydrogen-bond donors (Lipinski definition) is 1. The van der Waals surface area contributed by atoms with Crippen LogP contribution in [0.15, 0.2) is 71.4 Å². The third-order valence-corrected chi connectivity index (χ3v) is 3.62. The van der Waals surface area contributed by atoms with Gasteiger partial charge in [-0.1, -0.05) is 24.3 Å². The normalized spacial score (nSPS) is 10.2. The molecule has 1 heterocycles. The van der Waals surface area contributed by atoms with Gasteiger partial charge in [-0.3, -0.25) is 0 Å². The Balaban J connectivity index is 1.66. The van der Waals surface area contributed by atoms with Gasteiger partial charge in [-0.25, -0.2) is 0 Å². The van der Waals surface area contributed by atoms with E-state index in [1.807, 2.05) is 54.6 Å². The van der Waals surface area contributed by atoms with Gasteiger partial charge in [0.25, 0.3) is 0 Å². The summed E-state index contributed by atoms with van der Waals surface area (Å²) in [6.07, 6.45) is 0. The molecule has 0 aliphatic heterocycles. The van der Waals surface area contributed by atoms with E-state index in [2.05, 4.69) is 22.1 Å². The third kappa shape index (κ3) is 3.39. The van der Waals surface area contributed by atoms with Crippen molar-refractivity contribution in [1.29, 1.82) is 0 Å². The van der Waals surface area contributed by atoms with Crippen LogP contribution < -0.4 is 10.1 Å². The number of anilines is 1. The maximum atomic E-state index is 5.82. The van der Waals surface area contributed by atoms with Crippen molar-refractivity contribution in [3.05, 3.63) is 77.0 Å². The summed E-state index contributed by atoms with van der Waals surface area (Å²) < 4.78 is 5.82. The molecule has 0 bridgehead atoms. The highest BCUT2D eigenvalue weighted by Gasteiger charge is 1.99. The molecule has 0 saturated carbocycles. The summed E-state index contributed by atoms with van der Waals surface area (Å²) >= 11 is 1.71. The first-order valence-corrected chi connectivity index (χ1v) is 7.42. The minimum Gasteiger partial charge on any atom is -0.457 e. The van der Waals surface area contributed by atoms with Gasteiger partial charge in [0.15, 0.2) is 0 Å². The second-order valence-corrected chi connectivity index (χ2v) is 5.21. The van der Waals surface area contributed by atoms with E-state index in [9.17, 15) is 0 Å². The monoisotopic (exact) mass is 281 g/mol. The molecule has 0 atom stereocenters. The Labute approximate surface area is 122 Å². The minimum atomic E-state index is 0.832. The van der Waals surface area contributed by atoms with Gasteiger partial charge in [0.05, 0.1) is 0 Å². The smallest absolute Gasteiger partial charge is 0.129 e. The molecule has 0 spiro atoms. The summed E-state index contributed by atoms with van der Waals surface area (Å²) in [7, 11) is 0. The number of ether oxygens (including phenoxy) is 1. The molecule has 2 nitrogen and oxygen atoms in total. The van der Waals surface area contributed by atoms with Crippen LogP contribution in [0.5, 0.6) is 11.5 Å². The van der Waals surface area contributed by atoms with Gasteiger partial charge in [-0.05, 0) is 46.7 Å². The summed E-state index contributed by atoms with van der Waals surface area (Å²) in [5.74, 6) is 1.69. The van der Waals surface area contributed by atoms with Crippen LogP contribution in [0.4, 0.5) is 5.69 Å². The molecule has 1 aromatic heterocycles. The van der Waals surface area contributed by atoms with Crippen molar-refractivity contribution in [1.82, 2.24) is 0 Å². The highest BCUT2D eigenvalue weighted by Crippen LogP contribution is 2.24. The topological polar surface area (TPSA) is 21.3 Å². The average Bonchev–Trinajstić information content (AvgIpc) is 3.00. The van der Waals surface area contributed by atoms with Crippen molar-refractivity contribution in [2.45, 2.75) is 6.54 Å². The Kier molecular flexibility index (Phi) is 3.99. The third-order valence-electron chi connectivity index (χ3n) is 2.89. The van der Waals surface area contributed by atoms with E-state index in [-0.39, 0.29) is 0 Å². The second-order valence-electron chi connectivity index (χ2n) is 4.43. The molecule has 20 heavy (non-hydrogen) atoms. The van der Waals surface area contributed by atoms with Crippen LogP contribution in [-0.4, -0.2) is 0 Å². The zero-order valence-electron chi connectivity index (χ0n) is 11.0. The van der Waals surface area contributed by atoms with Gasteiger partial charge in [0.1, 0.15) is 11.5 Å². The summed E-state index contributed by atoms with van der Waals surface area (Å²) in [6, 6.07) is 20.0. The molecule has 0 unspecified atom stereocenters. The van der Waals surface area contributed by atoms with Gasteiger partial charge in [0.2, 0.25) is 0 Å². The molecule has 0 aliphatic carbocycles. The molecule has 0 fully saturated rings. The molecule has 1 N–H and O–H groups in total. The molecular weight excluding hydrogens is 266 g/mol. The molecule has 3 heteroatoms. The van der Waals surface area contributed by atoms with Crippen LogP contribution in [0, 0.1) is 0 Å².